The zero-order valence-corrected chi connectivity index (χ0v) is 19.3. The van der Waals surface area contributed by atoms with E-state index in [1.165, 1.54) is 12.1 Å². The number of ketones is 1. The molecule has 1 aliphatic heterocycles. The second kappa shape index (κ2) is 7.64. The third kappa shape index (κ3) is 3.16. The number of hydrazine groups is 1. The first kappa shape index (κ1) is 21.3. The van der Waals surface area contributed by atoms with Crippen LogP contribution in [0.4, 0.5) is 0 Å². The first-order valence-electron chi connectivity index (χ1n) is 11.6. The zero-order valence-electron chi connectivity index (χ0n) is 18.6. The van der Waals surface area contributed by atoms with Crippen LogP contribution >= 0.6 is 11.6 Å². The number of imide groups is 1. The molecule has 7 rings (SSSR count). The van der Waals surface area contributed by atoms with E-state index in [1.54, 1.807) is 24.3 Å². The Morgan fingerprint density at radius 1 is 0.882 bits per heavy atom. The Morgan fingerprint density at radius 2 is 1.41 bits per heavy atom. The summed E-state index contributed by atoms with van der Waals surface area (Å²) in [5.41, 5.74) is 1.67. The van der Waals surface area contributed by atoms with E-state index in [0.29, 0.717) is 22.4 Å². The highest BCUT2D eigenvalue weighted by Crippen LogP contribution is 2.65. The van der Waals surface area contributed by atoms with E-state index >= 15 is 0 Å². The van der Waals surface area contributed by atoms with Gasteiger partial charge >= 0.3 is 0 Å². The number of carbonyl (C=O) groups excluding carboxylic acids is 4. The van der Waals surface area contributed by atoms with Crippen LogP contribution < -0.4 is 0 Å². The third-order valence-corrected chi connectivity index (χ3v) is 8.13. The van der Waals surface area contributed by atoms with E-state index in [1.807, 2.05) is 19.1 Å². The van der Waals surface area contributed by atoms with E-state index in [9.17, 15) is 19.2 Å². The topological polar surface area (TPSA) is 74.8 Å². The summed E-state index contributed by atoms with van der Waals surface area (Å²) in [5.74, 6) is -1.64. The number of benzene rings is 2. The first-order valence-corrected chi connectivity index (χ1v) is 12.0. The molecule has 0 aromatic heterocycles. The molecule has 2 saturated carbocycles. The van der Waals surface area contributed by atoms with Crippen molar-refractivity contribution in [1.29, 1.82) is 0 Å². The number of hydrogen-bond donors (Lipinski definition) is 0. The van der Waals surface area contributed by atoms with Crippen molar-refractivity contribution in [2.75, 3.05) is 6.54 Å². The molecule has 6 atom stereocenters. The Morgan fingerprint density at radius 3 is 1.97 bits per heavy atom. The molecule has 7 heteroatoms. The molecule has 2 aromatic carbocycles. The average molecular weight is 475 g/mol. The Hall–Kier alpha value is -3.25. The maximum Gasteiger partial charge on any atom is 0.273 e. The van der Waals surface area contributed by atoms with Crippen LogP contribution in [0.3, 0.4) is 0 Å². The van der Waals surface area contributed by atoms with Crippen LogP contribution in [0.5, 0.6) is 0 Å². The van der Waals surface area contributed by atoms with Gasteiger partial charge in [0.2, 0.25) is 0 Å². The molecule has 34 heavy (non-hydrogen) atoms. The fourth-order valence-corrected chi connectivity index (χ4v) is 6.25. The Kier molecular flexibility index (Phi) is 4.78. The number of nitrogens with zero attached hydrogens (tertiary/aromatic N) is 2. The van der Waals surface area contributed by atoms with Gasteiger partial charge in [-0.15, -0.1) is 0 Å². The summed E-state index contributed by atoms with van der Waals surface area (Å²) in [6.45, 7) is 1.51. The number of amides is 3. The monoisotopic (exact) mass is 474 g/mol. The smallest absolute Gasteiger partial charge is 0.273 e. The Labute approximate surface area is 202 Å². The number of Topliss-reactive ketones (excluding diaryl/α,β-unsaturated/α-hetero) is 1. The van der Waals surface area contributed by atoms with Crippen molar-refractivity contribution in [3.8, 4) is 0 Å². The molecule has 6 nitrogen and oxygen atoms in total. The van der Waals surface area contributed by atoms with Crippen LogP contribution in [0, 0.1) is 42.4 Å². The van der Waals surface area contributed by atoms with Gasteiger partial charge in [0.25, 0.3) is 17.7 Å². The highest BCUT2D eigenvalue weighted by atomic mass is 35.5. The predicted octanol–water partition coefficient (Wildman–Crippen LogP) is 3.94. The van der Waals surface area contributed by atoms with Gasteiger partial charge in [0.05, 0.1) is 11.8 Å². The summed E-state index contributed by atoms with van der Waals surface area (Å²) in [6.07, 6.45) is 5.21. The van der Waals surface area contributed by atoms with Gasteiger partial charge in [-0.3, -0.25) is 19.2 Å². The SMILES string of the molecule is Cc1ccc(C(=O)CN(C(=O)c2ccc(Cl)cc2)N2C(=O)[C@@H]3[C@H]4C=C[C@@H]([C@@H]5C[C@H]45)[C@@H]3C2=O)cc1. The molecule has 0 spiro atoms. The summed E-state index contributed by atoms with van der Waals surface area (Å²) >= 11 is 5.98. The average Bonchev–Trinajstić information content (AvgIpc) is 3.62. The summed E-state index contributed by atoms with van der Waals surface area (Å²) in [7, 11) is 0. The number of allylic oxidation sites excluding steroid dienone is 2. The molecular formula is C27H23ClN2O4. The third-order valence-electron chi connectivity index (χ3n) is 7.87. The maximum absolute atomic E-state index is 13.6. The normalized spacial score (nSPS) is 30.2. The summed E-state index contributed by atoms with van der Waals surface area (Å²) in [4.78, 5) is 54.0. The van der Waals surface area contributed by atoms with E-state index in [4.69, 9.17) is 11.6 Å². The van der Waals surface area contributed by atoms with Crippen molar-refractivity contribution >= 4 is 35.1 Å². The van der Waals surface area contributed by atoms with E-state index in [2.05, 4.69) is 12.2 Å². The molecule has 0 unspecified atom stereocenters. The predicted molar refractivity (Wildman–Crippen MR) is 125 cm³/mol. The van der Waals surface area contributed by atoms with Crippen molar-refractivity contribution in [3.63, 3.8) is 0 Å². The molecule has 1 saturated heterocycles. The lowest BCUT2D eigenvalue weighted by atomic mass is 9.63. The van der Waals surface area contributed by atoms with Gasteiger partial charge < -0.3 is 0 Å². The Balaban J connectivity index is 1.36. The fourth-order valence-electron chi connectivity index (χ4n) is 6.12. The van der Waals surface area contributed by atoms with Crippen molar-refractivity contribution in [2.45, 2.75) is 13.3 Å². The fraction of sp³-hybridized carbons (Fsp3) is 0.333. The quantitative estimate of drug-likeness (QED) is 0.373. The lowest BCUT2D eigenvalue weighted by molar-refractivity contribution is -0.154. The minimum atomic E-state index is -0.581. The van der Waals surface area contributed by atoms with Crippen LogP contribution in [0.25, 0.3) is 0 Å². The van der Waals surface area contributed by atoms with Gasteiger partial charge in [0.1, 0.15) is 6.54 Å². The molecular weight excluding hydrogens is 452 g/mol. The zero-order chi connectivity index (χ0) is 23.7. The van der Waals surface area contributed by atoms with Gasteiger partial charge in [-0.1, -0.05) is 53.6 Å². The molecule has 3 amide bonds. The van der Waals surface area contributed by atoms with Crippen molar-refractivity contribution < 1.29 is 19.2 Å². The van der Waals surface area contributed by atoms with E-state index in [-0.39, 0.29) is 35.0 Å². The molecule has 1 heterocycles. The highest BCUT2D eigenvalue weighted by molar-refractivity contribution is 6.30. The lowest BCUT2D eigenvalue weighted by Crippen LogP contribution is -2.52. The second-order valence-corrected chi connectivity index (χ2v) is 10.2. The summed E-state index contributed by atoms with van der Waals surface area (Å²) in [6, 6.07) is 13.2. The minimum Gasteiger partial charge on any atom is -0.292 e. The molecule has 2 bridgehead atoms. The van der Waals surface area contributed by atoms with Crippen LogP contribution in [-0.4, -0.2) is 40.1 Å². The summed E-state index contributed by atoms with van der Waals surface area (Å²) < 4.78 is 0. The molecule has 2 aromatic rings. The number of hydrogen-bond acceptors (Lipinski definition) is 4. The number of carbonyl (C=O) groups is 4. The Bertz CT molecular complexity index is 1220. The van der Waals surface area contributed by atoms with E-state index < -0.39 is 24.3 Å². The first-order chi connectivity index (χ1) is 16.3. The lowest BCUT2D eigenvalue weighted by Gasteiger charge is -2.37. The van der Waals surface area contributed by atoms with Gasteiger partial charge in [0.15, 0.2) is 5.78 Å². The molecule has 3 fully saturated rings. The van der Waals surface area contributed by atoms with Crippen LogP contribution in [0.1, 0.15) is 32.7 Å². The molecule has 0 N–H and O–H groups in total. The molecule has 172 valence electrons. The molecule has 0 radical (unpaired) electrons. The molecule has 4 aliphatic carbocycles. The number of aryl methyl sites for hydroxylation is 1. The van der Waals surface area contributed by atoms with E-state index in [0.717, 1.165) is 22.0 Å². The van der Waals surface area contributed by atoms with Gasteiger partial charge in [-0.05, 0) is 61.3 Å². The number of rotatable bonds is 5. The van der Waals surface area contributed by atoms with Crippen molar-refractivity contribution in [2.24, 2.45) is 35.5 Å². The largest absolute Gasteiger partial charge is 0.292 e. The van der Waals surface area contributed by atoms with Gasteiger partial charge in [0, 0.05) is 16.1 Å². The van der Waals surface area contributed by atoms with Gasteiger partial charge in [-0.25, -0.2) is 5.01 Å². The van der Waals surface area contributed by atoms with Gasteiger partial charge in [-0.2, -0.15) is 5.01 Å². The standard InChI is InChI=1S/C27H23ClN2O4/c1-14-2-4-15(5-3-14)22(31)13-29(25(32)16-6-8-17(28)9-7-16)30-26(33)23-18-10-11-19(21-12-20(18)21)24(23)27(30)34/h2-11,18-21,23-24H,12-13H2,1H3/t18-,19-,20-,21+,23-,24+/m0/s1. The van der Waals surface area contributed by atoms with Crippen LogP contribution in [-0.2, 0) is 9.59 Å². The summed E-state index contributed by atoms with van der Waals surface area (Å²) in [5, 5.41) is 2.47. The number of halogens is 1. The second-order valence-electron chi connectivity index (χ2n) is 9.80. The minimum absolute atomic E-state index is 0.0294. The van der Waals surface area contributed by atoms with Crippen LogP contribution in [0.15, 0.2) is 60.7 Å². The highest BCUT2D eigenvalue weighted by Gasteiger charge is 2.68. The molecule has 5 aliphatic rings. The van der Waals surface area contributed by atoms with Crippen molar-refractivity contribution in [3.05, 3.63) is 82.4 Å². The maximum atomic E-state index is 13.6. The van der Waals surface area contributed by atoms with Crippen LogP contribution in [0.2, 0.25) is 5.02 Å². The van der Waals surface area contributed by atoms with Crippen molar-refractivity contribution in [1.82, 2.24) is 10.0 Å².